The van der Waals surface area contributed by atoms with Gasteiger partial charge in [-0.2, -0.15) is 8.42 Å². The van der Waals surface area contributed by atoms with E-state index in [1.807, 2.05) is 31.2 Å². The number of carbonyl (C=O) groups excluding carboxylic acids is 1. The first kappa shape index (κ1) is 25.0. The summed E-state index contributed by atoms with van der Waals surface area (Å²) >= 11 is -0.750. The van der Waals surface area contributed by atoms with Gasteiger partial charge in [0.2, 0.25) is 0 Å². The van der Waals surface area contributed by atoms with Crippen LogP contribution in [0.15, 0.2) is 65.5 Å². The molecular formula is C25H23FN4O5S. The van der Waals surface area contributed by atoms with Crippen molar-refractivity contribution in [2.75, 3.05) is 18.4 Å². The quantitative estimate of drug-likeness (QED) is 0.402. The van der Waals surface area contributed by atoms with Gasteiger partial charge in [-0.3, -0.25) is 0 Å². The van der Waals surface area contributed by atoms with E-state index in [0.29, 0.717) is 41.4 Å². The number of aromatic nitrogens is 2. The Morgan fingerprint density at radius 1 is 1.14 bits per heavy atom. The number of para-hydroxylation sites is 1. The Bertz CT molecular complexity index is 1380. The molecule has 3 heterocycles. The third kappa shape index (κ3) is 5.74. The van der Waals surface area contributed by atoms with E-state index in [9.17, 15) is 9.18 Å². The van der Waals surface area contributed by atoms with E-state index in [1.165, 1.54) is 12.4 Å². The summed E-state index contributed by atoms with van der Waals surface area (Å²) in [6.07, 6.45) is 4.32. The van der Waals surface area contributed by atoms with Crippen LogP contribution in [0.4, 0.5) is 20.7 Å². The number of carbonyl (C=O) groups is 1. The lowest BCUT2D eigenvalue weighted by molar-refractivity contribution is 0.138. The Kier molecular flexibility index (Phi) is 8.01. The first-order valence-corrected chi connectivity index (χ1v) is 11.9. The number of hydrogen-bond donors (Lipinski definition) is 1. The zero-order valence-corrected chi connectivity index (χ0v) is 20.2. The Labute approximate surface area is 209 Å². The molecule has 0 radical (unpaired) electrons. The van der Waals surface area contributed by atoms with E-state index in [1.54, 1.807) is 29.4 Å². The van der Waals surface area contributed by atoms with E-state index in [2.05, 4.69) is 15.3 Å². The summed E-state index contributed by atoms with van der Waals surface area (Å²) in [5.41, 5.74) is 3.31. The number of anilines is 2. The third-order valence-corrected chi connectivity index (χ3v) is 5.90. The molecule has 0 aliphatic carbocycles. The average Bonchev–Trinajstić information content (AvgIpc) is 3.32. The Hall–Kier alpha value is -4.12. The number of rotatable bonds is 4. The molecular weight excluding hydrogens is 487 g/mol. The molecule has 1 aliphatic heterocycles. The molecule has 0 spiro atoms. The number of piperidine rings is 1. The third-order valence-electron chi connectivity index (χ3n) is 5.90. The number of hydrogen-bond acceptors (Lipinski definition) is 8. The van der Waals surface area contributed by atoms with E-state index >= 15 is 0 Å². The molecule has 0 saturated carbocycles. The Balaban J connectivity index is 0.000000967. The lowest BCUT2D eigenvalue weighted by Gasteiger charge is -2.30. The van der Waals surface area contributed by atoms with Crippen molar-refractivity contribution in [1.29, 1.82) is 0 Å². The lowest BCUT2D eigenvalue weighted by Crippen LogP contribution is -2.39. The highest BCUT2D eigenvalue weighted by molar-refractivity contribution is 7.51. The summed E-state index contributed by atoms with van der Waals surface area (Å²) in [7, 11) is 0. The summed E-state index contributed by atoms with van der Waals surface area (Å²) < 4.78 is 42.1. The summed E-state index contributed by atoms with van der Waals surface area (Å²) in [4.78, 5) is 22.9. The van der Waals surface area contributed by atoms with Crippen molar-refractivity contribution in [3.63, 3.8) is 0 Å². The van der Waals surface area contributed by atoms with Crippen LogP contribution >= 0.6 is 0 Å². The van der Waals surface area contributed by atoms with Gasteiger partial charge < -0.3 is 19.4 Å². The van der Waals surface area contributed by atoms with Crippen LogP contribution in [-0.4, -0.2) is 42.5 Å². The molecule has 0 atom stereocenters. The van der Waals surface area contributed by atoms with E-state index in [4.69, 9.17) is 17.6 Å². The first-order valence-electron chi connectivity index (χ1n) is 11.2. The normalized spacial score (nSPS) is 13.6. The SMILES string of the molecule is Cc1ccc(Nc2ncnc3c(C4CCN(C(=O)Oc5ccccc5)CC4)coc23)c(F)c1.O=S=O. The lowest BCUT2D eigenvalue weighted by atomic mass is 9.90. The van der Waals surface area contributed by atoms with Gasteiger partial charge in [-0.25, -0.2) is 19.2 Å². The fourth-order valence-electron chi connectivity index (χ4n) is 4.12. The largest absolute Gasteiger partial charge is 0.458 e. The highest BCUT2D eigenvalue weighted by Crippen LogP contribution is 2.36. The molecule has 1 saturated heterocycles. The number of benzene rings is 2. The zero-order valence-electron chi connectivity index (χ0n) is 19.3. The molecule has 4 aromatic rings. The monoisotopic (exact) mass is 510 g/mol. The molecule has 0 bridgehead atoms. The Morgan fingerprint density at radius 3 is 2.56 bits per heavy atom. The number of likely N-dealkylation sites (tertiary alicyclic amines) is 1. The van der Waals surface area contributed by atoms with Crippen molar-refractivity contribution in [2.45, 2.75) is 25.7 Å². The molecule has 36 heavy (non-hydrogen) atoms. The van der Waals surface area contributed by atoms with Gasteiger partial charge in [-0.15, -0.1) is 0 Å². The smallest absolute Gasteiger partial charge is 0.415 e. The molecule has 0 unspecified atom stereocenters. The van der Waals surface area contributed by atoms with Gasteiger partial charge in [0, 0.05) is 18.7 Å². The van der Waals surface area contributed by atoms with E-state index in [-0.39, 0.29) is 17.8 Å². The van der Waals surface area contributed by atoms with Crippen LogP contribution in [0.3, 0.4) is 0 Å². The maximum atomic E-state index is 14.3. The van der Waals surface area contributed by atoms with Gasteiger partial charge >= 0.3 is 17.7 Å². The van der Waals surface area contributed by atoms with Crippen LogP contribution in [0.25, 0.3) is 11.1 Å². The topological polar surface area (TPSA) is 115 Å². The molecule has 1 aliphatic rings. The van der Waals surface area contributed by atoms with Crippen molar-refractivity contribution < 1.29 is 26.8 Å². The molecule has 186 valence electrons. The summed E-state index contributed by atoms with van der Waals surface area (Å²) in [5.74, 6) is 0.777. The van der Waals surface area contributed by atoms with Crippen molar-refractivity contribution in [3.8, 4) is 5.75 Å². The predicted octanol–water partition coefficient (Wildman–Crippen LogP) is 5.12. The molecule has 2 aromatic heterocycles. The molecule has 1 fully saturated rings. The van der Waals surface area contributed by atoms with Crippen LogP contribution in [0.5, 0.6) is 5.75 Å². The minimum absolute atomic E-state index is 0.186. The molecule has 2 aromatic carbocycles. The van der Waals surface area contributed by atoms with Gasteiger partial charge in [0.1, 0.15) is 23.4 Å². The highest BCUT2D eigenvalue weighted by Gasteiger charge is 2.28. The maximum Gasteiger partial charge on any atom is 0.415 e. The molecule has 5 rings (SSSR count). The van der Waals surface area contributed by atoms with Crippen LogP contribution < -0.4 is 10.1 Å². The minimum atomic E-state index is -0.750. The average molecular weight is 511 g/mol. The van der Waals surface area contributed by atoms with Crippen molar-refractivity contribution in [3.05, 3.63) is 78.1 Å². The number of ether oxygens (including phenoxy) is 1. The summed E-state index contributed by atoms with van der Waals surface area (Å²) in [5, 5.41) is 3.01. The number of furan rings is 1. The summed E-state index contributed by atoms with van der Waals surface area (Å²) in [6.45, 7) is 2.99. The summed E-state index contributed by atoms with van der Waals surface area (Å²) in [6, 6.07) is 14.0. The molecule has 1 N–H and O–H groups in total. The molecule has 1 amide bonds. The van der Waals surface area contributed by atoms with Crippen LogP contribution in [-0.2, 0) is 11.6 Å². The second-order valence-corrected chi connectivity index (χ2v) is 8.35. The number of halogens is 1. The Morgan fingerprint density at radius 2 is 1.86 bits per heavy atom. The maximum absolute atomic E-state index is 14.3. The first-order chi connectivity index (χ1) is 17.5. The number of nitrogens with one attached hydrogen (secondary N) is 1. The number of aryl methyl sites for hydroxylation is 1. The fraction of sp³-hybridized carbons (Fsp3) is 0.240. The predicted molar refractivity (Wildman–Crippen MR) is 131 cm³/mol. The standard InChI is InChI=1S/C25H23FN4O3.O2S/c1-16-7-8-21(20(26)13-16)29-24-23-22(27-15-28-24)19(14-32-23)17-9-11-30(12-10-17)25(31)33-18-5-3-2-4-6-18;1-3-2/h2-8,13-15,17H,9-12H2,1H3,(H,27,28,29);. The molecule has 11 heteroatoms. The van der Waals surface area contributed by atoms with Crippen molar-refractivity contribution >= 4 is 40.3 Å². The van der Waals surface area contributed by atoms with E-state index < -0.39 is 11.6 Å². The van der Waals surface area contributed by atoms with Gasteiger partial charge in [0.05, 0.1) is 12.0 Å². The van der Waals surface area contributed by atoms with Gasteiger partial charge in [0.15, 0.2) is 11.4 Å². The zero-order chi connectivity index (χ0) is 25.5. The van der Waals surface area contributed by atoms with Crippen molar-refractivity contribution in [2.24, 2.45) is 0 Å². The number of nitrogens with zero attached hydrogens (tertiary/aromatic N) is 3. The molecule has 9 nitrogen and oxygen atoms in total. The van der Waals surface area contributed by atoms with Crippen molar-refractivity contribution in [1.82, 2.24) is 14.9 Å². The van der Waals surface area contributed by atoms with Gasteiger partial charge in [-0.1, -0.05) is 24.3 Å². The van der Waals surface area contributed by atoms with Crippen LogP contribution in [0, 0.1) is 12.7 Å². The van der Waals surface area contributed by atoms with E-state index in [0.717, 1.165) is 24.0 Å². The van der Waals surface area contributed by atoms with Crippen LogP contribution in [0.1, 0.15) is 29.9 Å². The fourth-order valence-corrected chi connectivity index (χ4v) is 4.12. The highest BCUT2D eigenvalue weighted by atomic mass is 32.1. The van der Waals surface area contributed by atoms with Gasteiger partial charge in [-0.05, 0) is 55.5 Å². The van der Waals surface area contributed by atoms with Crippen LogP contribution in [0.2, 0.25) is 0 Å². The second kappa shape index (κ2) is 11.5. The second-order valence-electron chi connectivity index (χ2n) is 8.21. The van der Waals surface area contributed by atoms with Gasteiger partial charge in [0.25, 0.3) is 0 Å². The number of amides is 1. The minimum Gasteiger partial charge on any atom is -0.458 e. The number of fused-ring (bicyclic) bond motifs is 1.